The fraction of sp³-hybridized carbons (Fsp3) is 0.200. The van der Waals surface area contributed by atoms with Crippen molar-refractivity contribution in [2.24, 2.45) is 0 Å². The van der Waals surface area contributed by atoms with Gasteiger partial charge in [-0.05, 0) is 66.5 Å². The molecule has 0 aromatic heterocycles. The number of carboxylic acid groups (broad SMARTS) is 1. The molecule has 176 valence electrons. The molecule has 2 aromatic rings. The molecule has 0 radical (unpaired) electrons. The zero-order valence-corrected chi connectivity index (χ0v) is 19.6. The van der Waals surface area contributed by atoms with Gasteiger partial charge in [-0.3, -0.25) is 19.8 Å². The molecule has 1 fully saturated rings. The van der Waals surface area contributed by atoms with Crippen LogP contribution in [0, 0.1) is 0 Å². The second kappa shape index (κ2) is 10.8. The van der Waals surface area contributed by atoms with Crippen molar-refractivity contribution in [2.75, 3.05) is 18.6 Å². The maximum absolute atomic E-state index is 13.3. The minimum absolute atomic E-state index is 0.00116. The van der Waals surface area contributed by atoms with Crippen LogP contribution in [0.5, 0.6) is 11.5 Å². The highest BCUT2D eigenvalue weighted by Gasteiger charge is 2.34. The number of aliphatic carboxylic acids is 1. The standard InChI is InChI=1S/C25H24N2O6S/c1-4-6-17-11-16(13-20(32-3)22(17)33-14-21(28)29)12-19-23(30)26-25(34)27(24(19)31)18-9-7-15(5-2)8-10-18/h4,7-13H,1,5-6,14H2,2-3H3,(H,28,29)(H,26,30,34)/b19-12-. The monoisotopic (exact) mass is 480 g/mol. The number of carbonyl (C=O) groups is 3. The Morgan fingerprint density at radius 3 is 2.53 bits per heavy atom. The number of anilines is 1. The van der Waals surface area contributed by atoms with Crippen LogP contribution in [0.3, 0.4) is 0 Å². The van der Waals surface area contributed by atoms with Crippen LogP contribution >= 0.6 is 12.2 Å². The second-order valence-corrected chi connectivity index (χ2v) is 7.75. The Balaban J connectivity index is 2.03. The van der Waals surface area contributed by atoms with E-state index in [4.69, 9.17) is 26.8 Å². The van der Waals surface area contributed by atoms with Gasteiger partial charge in [0.15, 0.2) is 23.2 Å². The average Bonchev–Trinajstić information content (AvgIpc) is 2.81. The van der Waals surface area contributed by atoms with E-state index in [-0.39, 0.29) is 22.2 Å². The number of nitrogens with zero attached hydrogens (tertiary/aromatic N) is 1. The molecule has 0 spiro atoms. The maximum Gasteiger partial charge on any atom is 0.341 e. The number of hydrogen-bond acceptors (Lipinski definition) is 6. The van der Waals surface area contributed by atoms with E-state index in [0.717, 1.165) is 12.0 Å². The molecule has 2 amide bonds. The first-order valence-electron chi connectivity index (χ1n) is 10.5. The van der Waals surface area contributed by atoms with Gasteiger partial charge in [0.2, 0.25) is 0 Å². The van der Waals surface area contributed by atoms with Gasteiger partial charge in [-0.1, -0.05) is 25.1 Å². The Bertz CT molecular complexity index is 1190. The summed E-state index contributed by atoms with van der Waals surface area (Å²) in [6, 6.07) is 10.6. The number of thiocarbonyl (C=S) groups is 1. The molecule has 0 aliphatic carbocycles. The van der Waals surface area contributed by atoms with E-state index in [2.05, 4.69) is 11.9 Å². The Kier molecular flexibility index (Phi) is 7.80. The van der Waals surface area contributed by atoms with Crippen LogP contribution in [0.15, 0.2) is 54.6 Å². The van der Waals surface area contributed by atoms with Gasteiger partial charge in [0.05, 0.1) is 12.8 Å². The first-order valence-corrected chi connectivity index (χ1v) is 10.9. The summed E-state index contributed by atoms with van der Waals surface area (Å²) in [4.78, 5) is 38.2. The number of carboxylic acids is 1. The lowest BCUT2D eigenvalue weighted by molar-refractivity contribution is -0.139. The first-order chi connectivity index (χ1) is 16.3. The molecule has 0 unspecified atom stereocenters. The van der Waals surface area contributed by atoms with Gasteiger partial charge in [0, 0.05) is 5.56 Å². The van der Waals surface area contributed by atoms with E-state index < -0.39 is 24.4 Å². The highest BCUT2D eigenvalue weighted by Crippen LogP contribution is 2.35. The van der Waals surface area contributed by atoms with E-state index in [1.165, 1.54) is 18.1 Å². The van der Waals surface area contributed by atoms with Gasteiger partial charge in [-0.25, -0.2) is 4.79 Å². The predicted molar refractivity (Wildman–Crippen MR) is 132 cm³/mol. The minimum atomic E-state index is -1.13. The topological polar surface area (TPSA) is 105 Å². The number of rotatable bonds is 9. The molecule has 2 aromatic carbocycles. The molecule has 9 heteroatoms. The number of carbonyl (C=O) groups excluding carboxylic acids is 2. The van der Waals surface area contributed by atoms with E-state index in [1.54, 1.807) is 30.3 Å². The van der Waals surface area contributed by atoms with E-state index in [1.807, 2.05) is 19.1 Å². The Labute approximate surface area is 202 Å². The SMILES string of the molecule is C=CCc1cc(/C=C2/C(=O)NC(=S)N(c3ccc(CC)cc3)C2=O)cc(OC)c1OCC(=O)O. The minimum Gasteiger partial charge on any atom is -0.493 e. The third-order valence-corrected chi connectivity index (χ3v) is 5.38. The zero-order valence-electron chi connectivity index (χ0n) is 18.8. The fourth-order valence-corrected chi connectivity index (χ4v) is 3.74. The highest BCUT2D eigenvalue weighted by atomic mass is 32.1. The van der Waals surface area contributed by atoms with Crippen molar-refractivity contribution < 1.29 is 29.0 Å². The lowest BCUT2D eigenvalue weighted by atomic mass is 10.0. The third kappa shape index (κ3) is 5.32. The van der Waals surface area contributed by atoms with Gasteiger partial charge >= 0.3 is 5.97 Å². The maximum atomic E-state index is 13.3. The molecule has 1 saturated heterocycles. The molecule has 1 aliphatic heterocycles. The van der Waals surface area contributed by atoms with Gasteiger partial charge in [-0.15, -0.1) is 6.58 Å². The predicted octanol–water partition coefficient (Wildman–Crippen LogP) is 3.28. The zero-order chi connectivity index (χ0) is 24.8. The van der Waals surface area contributed by atoms with E-state index in [9.17, 15) is 14.4 Å². The van der Waals surface area contributed by atoms with Crippen LogP contribution in [0.2, 0.25) is 0 Å². The second-order valence-electron chi connectivity index (χ2n) is 7.36. The molecule has 8 nitrogen and oxygen atoms in total. The normalized spacial score (nSPS) is 14.7. The molecular formula is C25H24N2O6S. The molecule has 34 heavy (non-hydrogen) atoms. The number of amides is 2. The van der Waals surface area contributed by atoms with Crippen molar-refractivity contribution in [3.63, 3.8) is 0 Å². The molecule has 1 heterocycles. The Morgan fingerprint density at radius 1 is 1.24 bits per heavy atom. The summed E-state index contributed by atoms with van der Waals surface area (Å²) in [5, 5.41) is 11.5. The number of hydrogen-bond donors (Lipinski definition) is 2. The van der Waals surface area contributed by atoms with E-state index in [0.29, 0.717) is 23.2 Å². The molecule has 0 bridgehead atoms. The van der Waals surface area contributed by atoms with Crippen LogP contribution < -0.4 is 19.7 Å². The summed E-state index contributed by atoms with van der Waals surface area (Å²) < 4.78 is 10.8. The molecule has 1 aliphatic rings. The van der Waals surface area contributed by atoms with Crippen LogP contribution in [0.1, 0.15) is 23.6 Å². The van der Waals surface area contributed by atoms with Crippen molar-refractivity contribution in [3.8, 4) is 11.5 Å². The third-order valence-electron chi connectivity index (χ3n) is 5.09. The van der Waals surface area contributed by atoms with Crippen molar-refractivity contribution >= 4 is 46.9 Å². The van der Waals surface area contributed by atoms with Gasteiger partial charge in [-0.2, -0.15) is 0 Å². The smallest absolute Gasteiger partial charge is 0.341 e. The summed E-state index contributed by atoms with van der Waals surface area (Å²) in [6.45, 7) is 5.19. The molecule has 0 saturated carbocycles. The van der Waals surface area contributed by atoms with Gasteiger partial charge < -0.3 is 14.6 Å². The summed E-state index contributed by atoms with van der Waals surface area (Å²) in [5.41, 5.74) is 2.61. The van der Waals surface area contributed by atoms with Crippen molar-refractivity contribution in [1.82, 2.24) is 5.32 Å². The van der Waals surface area contributed by atoms with Crippen LogP contribution in [0.4, 0.5) is 5.69 Å². The number of benzene rings is 2. The molecule has 0 atom stereocenters. The summed E-state index contributed by atoms with van der Waals surface area (Å²) in [7, 11) is 1.41. The molecular weight excluding hydrogens is 456 g/mol. The lowest BCUT2D eigenvalue weighted by Crippen LogP contribution is -2.54. The average molecular weight is 481 g/mol. The quantitative estimate of drug-likeness (QED) is 0.246. The largest absolute Gasteiger partial charge is 0.493 e. The summed E-state index contributed by atoms with van der Waals surface area (Å²) in [6.07, 6.45) is 4.25. The van der Waals surface area contributed by atoms with Crippen molar-refractivity contribution in [2.45, 2.75) is 19.8 Å². The van der Waals surface area contributed by atoms with E-state index >= 15 is 0 Å². The fourth-order valence-electron chi connectivity index (χ4n) is 3.46. The number of allylic oxidation sites excluding steroid dienone is 1. The number of ether oxygens (including phenoxy) is 2. The highest BCUT2D eigenvalue weighted by molar-refractivity contribution is 7.80. The van der Waals surface area contributed by atoms with Crippen LogP contribution in [0.25, 0.3) is 6.08 Å². The van der Waals surface area contributed by atoms with Crippen molar-refractivity contribution in [3.05, 3.63) is 71.3 Å². The summed E-state index contributed by atoms with van der Waals surface area (Å²) in [5.74, 6) is -1.80. The lowest BCUT2D eigenvalue weighted by Gasteiger charge is -2.29. The van der Waals surface area contributed by atoms with Gasteiger partial charge in [0.25, 0.3) is 11.8 Å². The van der Waals surface area contributed by atoms with Crippen LogP contribution in [-0.4, -0.2) is 41.7 Å². The summed E-state index contributed by atoms with van der Waals surface area (Å²) >= 11 is 5.25. The number of aryl methyl sites for hydroxylation is 1. The van der Waals surface area contributed by atoms with Crippen LogP contribution in [-0.2, 0) is 27.2 Å². The van der Waals surface area contributed by atoms with Gasteiger partial charge in [0.1, 0.15) is 5.57 Å². The molecule has 3 rings (SSSR count). The number of methoxy groups -OCH3 is 1. The first kappa shape index (κ1) is 24.7. The number of nitrogens with one attached hydrogen (secondary N) is 1. The Hall–Kier alpha value is -3.98. The Morgan fingerprint density at radius 2 is 1.94 bits per heavy atom. The molecule has 2 N–H and O–H groups in total. The van der Waals surface area contributed by atoms with Crippen molar-refractivity contribution in [1.29, 1.82) is 0 Å².